The summed E-state index contributed by atoms with van der Waals surface area (Å²) in [6.45, 7) is 7.67. The normalized spacial score (nSPS) is 13.1. The monoisotopic (exact) mass is 288 g/mol. The third-order valence-electron chi connectivity index (χ3n) is 3.35. The van der Waals surface area contributed by atoms with Crippen LogP contribution in [0.5, 0.6) is 0 Å². The Bertz CT molecular complexity index is 611. The Balaban J connectivity index is 2.04. The molecule has 0 radical (unpaired) electrons. The number of alkyl carbamates (subject to hydrolysis) is 1. The molecule has 1 atom stereocenters. The number of para-hydroxylation sites is 1. The Kier molecular flexibility index (Phi) is 4.56. The number of carbonyl (C=O) groups excluding carboxylic acids is 1. The lowest BCUT2D eigenvalue weighted by Crippen LogP contribution is -2.39. The van der Waals surface area contributed by atoms with E-state index in [1.807, 2.05) is 39.1 Å². The third-order valence-corrected chi connectivity index (χ3v) is 3.35. The number of carbonyl (C=O) groups is 1. The zero-order chi connectivity index (χ0) is 15.5. The predicted octanol–water partition coefficient (Wildman–Crippen LogP) is 4.01. The van der Waals surface area contributed by atoms with Gasteiger partial charge in [0.25, 0.3) is 0 Å². The molecule has 0 bridgehead atoms. The first-order valence-corrected chi connectivity index (χ1v) is 7.43. The zero-order valence-corrected chi connectivity index (χ0v) is 13.2. The summed E-state index contributed by atoms with van der Waals surface area (Å²) in [5.41, 5.74) is 1.87. The number of fused-ring (bicyclic) bond motifs is 1. The molecule has 1 amide bonds. The van der Waals surface area contributed by atoms with Gasteiger partial charge in [-0.3, -0.25) is 0 Å². The van der Waals surface area contributed by atoms with Crippen molar-refractivity contribution in [3.8, 4) is 0 Å². The van der Waals surface area contributed by atoms with E-state index in [2.05, 4.69) is 29.4 Å². The average molecular weight is 288 g/mol. The summed E-state index contributed by atoms with van der Waals surface area (Å²) < 4.78 is 5.32. The minimum absolute atomic E-state index is 0.0686. The first-order chi connectivity index (χ1) is 9.89. The van der Waals surface area contributed by atoms with Gasteiger partial charge in [-0.05, 0) is 45.2 Å². The Hall–Kier alpha value is -1.97. The molecule has 0 saturated carbocycles. The van der Waals surface area contributed by atoms with Gasteiger partial charge >= 0.3 is 6.09 Å². The highest BCUT2D eigenvalue weighted by Gasteiger charge is 2.19. The number of amides is 1. The van der Waals surface area contributed by atoms with E-state index in [1.54, 1.807) is 0 Å². The van der Waals surface area contributed by atoms with E-state index in [4.69, 9.17) is 4.74 Å². The van der Waals surface area contributed by atoms with E-state index in [1.165, 1.54) is 10.9 Å². The van der Waals surface area contributed by atoms with Gasteiger partial charge in [0.1, 0.15) is 5.60 Å². The second-order valence-electron chi connectivity index (χ2n) is 6.32. The maximum Gasteiger partial charge on any atom is 0.407 e. The first kappa shape index (κ1) is 15.4. The number of H-pyrrole nitrogens is 1. The predicted molar refractivity (Wildman–Crippen MR) is 85.5 cm³/mol. The SMILES string of the molecule is CCC(Cc1c[nH]c2ccccc12)NC(=O)OC(C)(C)C. The fourth-order valence-corrected chi connectivity index (χ4v) is 2.34. The van der Waals surface area contributed by atoms with Crippen LogP contribution in [0, 0.1) is 0 Å². The van der Waals surface area contributed by atoms with Crippen LogP contribution in [-0.4, -0.2) is 22.7 Å². The molecule has 114 valence electrons. The van der Waals surface area contributed by atoms with Gasteiger partial charge in [-0.15, -0.1) is 0 Å². The molecular formula is C17H24N2O2. The highest BCUT2D eigenvalue weighted by molar-refractivity contribution is 5.83. The van der Waals surface area contributed by atoms with Crippen LogP contribution in [0.25, 0.3) is 10.9 Å². The lowest BCUT2D eigenvalue weighted by Gasteiger charge is -2.23. The van der Waals surface area contributed by atoms with Crippen LogP contribution in [0.3, 0.4) is 0 Å². The highest BCUT2D eigenvalue weighted by atomic mass is 16.6. The number of benzene rings is 1. The van der Waals surface area contributed by atoms with Gasteiger partial charge in [0.15, 0.2) is 0 Å². The molecule has 0 aliphatic heterocycles. The molecular weight excluding hydrogens is 264 g/mol. The topological polar surface area (TPSA) is 54.1 Å². The summed E-state index contributed by atoms with van der Waals surface area (Å²) in [7, 11) is 0. The molecule has 0 aliphatic carbocycles. The van der Waals surface area contributed by atoms with Crippen molar-refractivity contribution in [3.63, 3.8) is 0 Å². The molecule has 4 heteroatoms. The van der Waals surface area contributed by atoms with Gasteiger partial charge < -0.3 is 15.0 Å². The van der Waals surface area contributed by atoms with Gasteiger partial charge in [0.05, 0.1) is 0 Å². The summed E-state index contributed by atoms with van der Waals surface area (Å²) in [4.78, 5) is 15.1. The Morgan fingerprint density at radius 1 is 1.33 bits per heavy atom. The van der Waals surface area contributed by atoms with Crippen LogP contribution in [0.1, 0.15) is 39.7 Å². The smallest absolute Gasteiger partial charge is 0.407 e. The second-order valence-corrected chi connectivity index (χ2v) is 6.32. The summed E-state index contributed by atoms with van der Waals surface area (Å²) in [5.74, 6) is 0. The largest absolute Gasteiger partial charge is 0.444 e. The summed E-state index contributed by atoms with van der Waals surface area (Å²) in [5, 5.41) is 4.16. The fourth-order valence-electron chi connectivity index (χ4n) is 2.34. The quantitative estimate of drug-likeness (QED) is 0.893. The lowest BCUT2D eigenvalue weighted by atomic mass is 10.0. The van der Waals surface area contributed by atoms with Crippen molar-refractivity contribution in [1.82, 2.24) is 10.3 Å². The number of rotatable bonds is 4. The van der Waals surface area contributed by atoms with E-state index < -0.39 is 5.60 Å². The molecule has 1 aromatic carbocycles. The zero-order valence-electron chi connectivity index (χ0n) is 13.2. The maximum atomic E-state index is 11.9. The molecule has 4 nitrogen and oxygen atoms in total. The molecule has 0 aliphatic rings. The van der Waals surface area contributed by atoms with Crippen LogP contribution in [-0.2, 0) is 11.2 Å². The number of aromatic amines is 1. The number of aromatic nitrogens is 1. The minimum atomic E-state index is -0.469. The molecule has 1 unspecified atom stereocenters. The van der Waals surface area contributed by atoms with Crippen LogP contribution < -0.4 is 5.32 Å². The third kappa shape index (κ3) is 4.25. The van der Waals surface area contributed by atoms with Crippen molar-refractivity contribution in [3.05, 3.63) is 36.0 Å². The lowest BCUT2D eigenvalue weighted by molar-refractivity contribution is 0.0503. The van der Waals surface area contributed by atoms with Crippen molar-refractivity contribution in [2.45, 2.75) is 52.2 Å². The van der Waals surface area contributed by atoms with E-state index in [9.17, 15) is 4.79 Å². The molecule has 1 heterocycles. The Morgan fingerprint density at radius 2 is 2.05 bits per heavy atom. The van der Waals surface area contributed by atoms with Gasteiger partial charge in [-0.1, -0.05) is 25.1 Å². The molecule has 1 aromatic heterocycles. The van der Waals surface area contributed by atoms with Gasteiger partial charge in [0.2, 0.25) is 0 Å². The molecule has 0 saturated heterocycles. The number of hydrogen-bond acceptors (Lipinski definition) is 2. The van der Waals surface area contributed by atoms with Gasteiger partial charge in [-0.25, -0.2) is 4.79 Å². The molecule has 2 N–H and O–H groups in total. The second kappa shape index (κ2) is 6.20. The highest BCUT2D eigenvalue weighted by Crippen LogP contribution is 2.20. The molecule has 0 fully saturated rings. The Labute approximate surface area is 125 Å². The van der Waals surface area contributed by atoms with Crippen LogP contribution >= 0.6 is 0 Å². The van der Waals surface area contributed by atoms with Crippen molar-refractivity contribution in [1.29, 1.82) is 0 Å². The van der Waals surface area contributed by atoms with Crippen LogP contribution in [0.4, 0.5) is 4.79 Å². The van der Waals surface area contributed by atoms with Crippen LogP contribution in [0.15, 0.2) is 30.5 Å². The van der Waals surface area contributed by atoms with E-state index in [0.717, 1.165) is 18.4 Å². The maximum absolute atomic E-state index is 11.9. The summed E-state index contributed by atoms with van der Waals surface area (Å²) in [6, 6.07) is 8.27. The van der Waals surface area contributed by atoms with Crippen molar-refractivity contribution in [2.24, 2.45) is 0 Å². The first-order valence-electron chi connectivity index (χ1n) is 7.43. The minimum Gasteiger partial charge on any atom is -0.444 e. The van der Waals surface area contributed by atoms with Crippen molar-refractivity contribution >= 4 is 17.0 Å². The van der Waals surface area contributed by atoms with Gasteiger partial charge in [-0.2, -0.15) is 0 Å². The van der Waals surface area contributed by atoms with Crippen molar-refractivity contribution < 1.29 is 9.53 Å². The Morgan fingerprint density at radius 3 is 2.71 bits per heavy atom. The number of nitrogens with one attached hydrogen (secondary N) is 2. The van der Waals surface area contributed by atoms with Gasteiger partial charge in [0, 0.05) is 23.1 Å². The van der Waals surface area contributed by atoms with Crippen LogP contribution in [0.2, 0.25) is 0 Å². The molecule has 2 rings (SSSR count). The fraction of sp³-hybridized carbons (Fsp3) is 0.471. The average Bonchev–Trinajstić information content (AvgIpc) is 2.79. The van der Waals surface area contributed by atoms with Crippen molar-refractivity contribution in [2.75, 3.05) is 0 Å². The standard InChI is InChI=1S/C17H24N2O2/c1-5-13(19-16(20)21-17(2,3)4)10-12-11-18-15-9-7-6-8-14(12)15/h6-9,11,13,18H,5,10H2,1-4H3,(H,19,20). The number of hydrogen-bond donors (Lipinski definition) is 2. The number of ether oxygens (including phenoxy) is 1. The molecule has 21 heavy (non-hydrogen) atoms. The summed E-state index contributed by atoms with van der Waals surface area (Å²) >= 11 is 0. The molecule has 2 aromatic rings. The van der Waals surface area contributed by atoms with E-state index >= 15 is 0 Å². The van der Waals surface area contributed by atoms with E-state index in [0.29, 0.717) is 0 Å². The summed E-state index contributed by atoms with van der Waals surface area (Å²) in [6.07, 6.45) is 3.32. The molecule has 0 spiro atoms. The van der Waals surface area contributed by atoms with E-state index in [-0.39, 0.29) is 12.1 Å².